The van der Waals surface area contributed by atoms with Crippen LogP contribution in [0.3, 0.4) is 0 Å². The molecule has 1 aromatic heterocycles. The van der Waals surface area contributed by atoms with Crippen LogP contribution in [0.4, 0.5) is 4.79 Å². The SMILES string of the molecule is CC(=O)OCc1cccc(C(=O)N2CCN(C(=O)OCC(C)C)CC2)n1. The molecule has 0 radical (unpaired) electrons. The largest absolute Gasteiger partial charge is 0.459 e. The lowest BCUT2D eigenvalue weighted by Crippen LogP contribution is -2.51. The third-order valence-electron chi connectivity index (χ3n) is 3.81. The zero-order valence-electron chi connectivity index (χ0n) is 15.4. The van der Waals surface area contributed by atoms with Gasteiger partial charge in [-0.05, 0) is 18.1 Å². The molecule has 8 nitrogen and oxygen atoms in total. The van der Waals surface area contributed by atoms with E-state index in [0.29, 0.717) is 44.2 Å². The van der Waals surface area contributed by atoms with Crippen molar-refractivity contribution < 1.29 is 23.9 Å². The lowest BCUT2D eigenvalue weighted by atomic mass is 10.2. The van der Waals surface area contributed by atoms with Crippen LogP contribution in [-0.2, 0) is 20.9 Å². The normalized spacial score (nSPS) is 14.3. The number of piperazine rings is 1. The quantitative estimate of drug-likeness (QED) is 0.740. The van der Waals surface area contributed by atoms with Crippen molar-refractivity contribution in [3.05, 3.63) is 29.6 Å². The van der Waals surface area contributed by atoms with E-state index >= 15 is 0 Å². The van der Waals surface area contributed by atoms with Gasteiger partial charge in [-0.1, -0.05) is 19.9 Å². The number of rotatable bonds is 5. The van der Waals surface area contributed by atoms with E-state index in [9.17, 15) is 14.4 Å². The molecule has 142 valence electrons. The van der Waals surface area contributed by atoms with Crippen LogP contribution in [0.15, 0.2) is 18.2 Å². The van der Waals surface area contributed by atoms with Gasteiger partial charge < -0.3 is 19.3 Å². The van der Waals surface area contributed by atoms with E-state index in [1.807, 2.05) is 13.8 Å². The first kappa shape index (κ1) is 19.7. The molecule has 26 heavy (non-hydrogen) atoms. The number of carbonyl (C=O) groups excluding carboxylic acids is 3. The molecule has 0 bridgehead atoms. The van der Waals surface area contributed by atoms with Gasteiger partial charge in [-0.15, -0.1) is 0 Å². The van der Waals surface area contributed by atoms with Gasteiger partial charge in [-0.2, -0.15) is 0 Å². The summed E-state index contributed by atoms with van der Waals surface area (Å²) in [6.45, 7) is 7.39. The molecule has 0 aliphatic carbocycles. The highest BCUT2D eigenvalue weighted by atomic mass is 16.6. The van der Waals surface area contributed by atoms with Crippen LogP contribution in [0.1, 0.15) is 37.0 Å². The molecule has 0 N–H and O–H groups in total. The van der Waals surface area contributed by atoms with E-state index in [-0.39, 0.29) is 24.5 Å². The van der Waals surface area contributed by atoms with Gasteiger partial charge in [0.1, 0.15) is 12.3 Å². The van der Waals surface area contributed by atoms with E-state index in [0.717, 1.165) is 0 Å². The van der Waals surface area contributed by atoms with Crippen molar-refractivity contribution in [2.75, 3.05) is 32.8 Å². The van der Waals surface area contributed by atoms with Crippen molar-refractivity contribution in [1.29, 1.82) is 0 Å². The monoisotopic (exact) mass is 363 g/mol. The smallest absolute Gasteiger partial charge is 0.409 e. The number of carbonyl (C=O) groups is 3. The molecular formula is C18H25N3O5. The van der Waals surface area contributed by atoms with Crippen LogP contribution >= 0.6 is 0 Å². The first-order chi connectivity index (χ1) is 12.4. The van der Waals surface area contributed by atoms with Gasteiger partial charge in [-0.3, -0.25) is 9.59 Å². The van der Waals surface area contributed by atoms with Gasteiger partial charge in [-0.25, -0.2) is 9.78 Å². The number of amides is 2. The Bertz CT molecular complexity index is 654. The van der Waals surface area contributed by atoms with Crippen molar-refractivity contribution >= 4 is 18.0 Å². The number of ether oxygens (including phenoxy) is 2. The number of esters is 1. The van der Waals surface area contributed by atoms with E-state index in [1.165, 1.54) is 6.92 Å². The topological polar surface area (TPSA) is 89.0 Å². The number of hydrogen-bond acceptors (Lipinski definition) is 6. The Morgan fingerprint density at radius 3 is 2.35 bits per heavy atom. The van der Waals surface area contributed by atoms with Crippen molar-refractivity contribution in [1.82, 2.24) is 14.8 Å². The van der Waals surface area contributed by atoms with Gasteiger partial charge in [0.05, 0.1) is 12.3 Å². The second-order valence-corrected chi connectivity index (χ2v) is 6.54. The number of hydrogen-bond donors (Lipinski definition) is 0. The van der Waals surface area contributed by atoms with Gasteiger partial charge in [0.25, 0.3) is 5.91 Å². The van der Waals surface area contributed by atoms with E-state index in [4.69, 9.17) is 9.47 Å². The van der Waals surface area contributed by atoms with Crippen molar-refractivity contribution in [3.63, 3.8) is 0 Å². The third-order valence-corrected chi connectivity index (χ3v) is 3.81. The Morgan fingerprint density at radius 2 is 1.73 bits per heavy atom. The standard InChI is InChI=1S/C18H25N3O5/c1-13(2)11-26-18(24)21-9-7-20(8-10-21)17(23)16-6-4-5-15(19-16)12-25-14(3)22/h4-6,13H,7-12H2,1-3H3. The molecular weight excluding hydrogens is 338 g/mol. The van der Waals surface area contributed by atoms with Crippen LogP contribution in [0.5, 0.6) is 0 Å². The molecule has 0 aromatic carbocycles. The average molecular weight is 363 g/mol. The van der Waals surface area contributed by atoms with Crippen LogP contribution in [0.2, 0.25) is 0 Å². The van der Waals surface area contributed by atoms with E-state index in [1.54, 1.807) is 28.0 Å². The maximum Gasteiger partial charge on any atom is 0.409 e. The summed E-state index contributed by atoms with van der Waals surface area (Å²) in [5.74, 6) is -0.318. The predicted molar refractivity (Wildman–Crippen MR) is 93.4 cm³/mol. The molecule has 0 saturated carbocycles. The molecule has 8 heteroatoms. The highest BCUT2D eigenvalue weighted by molar-refractivity contribution is 5.92. The number of pyridine rings is 1. The Hall–Kier alpha value is -2.64. The average Bonchev–Trinajstić information content (AvgIpc) is 2.64. The fraction of sp³-hybridized carbons (Fsp3) is 0.556. The molecule has 1 saturated heterocycles. The number of nitrogens with zero attached hydrogens (tertiary/aromatic N) is 3. The summed E-state index contributed by atoms with van der Waals surface area (Å²) in [6.07, 6.45) is -0.340. The van der Waals surface area contributed by atoms with Crippen molar-refractivity contribution in [2.45, 2.75) is 27.4 Å². The molecule has 1 aromatic rings. The van der Waals surface area contributed by atoms with Gasteiger partial charge in [0, 0.05) is 33.1 Å². The Morgan fingerprint density at radius 1 is 1.08 bits per heavy atom. The molecule has 2 amide bonds. The van der Waals surface area contributed by atoms with Crippen molar-refractivity contribution in [3.8, 4) is 0 Å². The molecule has 2 rings (SSSR count). The molecule has 0 spiro atoms. The van der Waals surface area contributed by atoms with Crippen LogP contribution in [0.25, 0.3) is 0 Å². The second kappa shape index (κ2) is 9.17. The Kier molecular flexibility index (Phi) is 6.94. The molecule has 1 aliphatic rings. The first-order valence-electron chi connectivity index (χ1n) is 8.67. The Labute approximate surface area is 153 Å². The van der Waals surface area contributed by atoms with Crippen LogP contribution in [-0.4, -0.2) is 65.5 Å². The Balaban J connectivity index is 1.89. The summed E-state index contributed by atoms with van der Waals surface area (Å²) in [6, 6.07) is 5.03. The fourth-order valence-corrected chi connectivity index (χ4v) is 2.44. The van der Waals surface area contributed by atoms with Crippen LogP contribution < -0.4 is 0 Å². The van der Waals surface area contributed by atoms with Gasteiger partial charge in [0.2, 0.25) is 0 Å². The summed E-state index contributed by atoms with van der Waals surface area (Å²) >= 11 is 0. The number of aromatic nitrogens is 1. The molecule has 0 unspecified atom stereocenters. The summed E-state index contributed by atoms with van der Waals surface area (Å²) in [7, 11) is 0. The van der Waals surface area contributed by atoms with E-state index in [2.05, 4.69) is 4.98 Å². The lowest BCUT2D eigenvalue weighted by molar-refractivity contribution is -0.142. The van der Waals surface area contributed by atoms with Gasteiger partial charge in [0.15, 0.2) is 0 Å². The molecule has 0 atom stereocenters. The minimum absolute atomic E-state index is 0.0337. The molecule has 1 fully saturated rings. The van der Waals surface area contributed by atoms with E-state index < -0.39 is 5.97 Å². The summed E-state index contributed by atoms with van der Waals surface area (Å²) < 4.78 is 10.1. The third kappa shape index (κ3) is 5.72. The predicted octanol–water partition coefficient (Wildman–Crippen LogP) is 1.70. The van der Waals surface area contributed by atoms with Crippen LogP contribution in [0, 0.1) is 5.92 Å². The molecule has 2 heterocycles. The minimum atomic E-state index is -0.399. The second-order valence-electron chi connectivity index (χ2n) is 6.54. The molecule has 1 aliphatic heterocycles. The minimum Gasteiger partial charge on any atom is -0.459 e. The summed E-state index contributed by atoms with van der Waals surface area (Å²) in [4.78, 5) is 43.0. The lowest BCUT2D eigenvalue weighted by Gasteiger charge is -2.34. The zero-order chi connectivity index (χ0) is 19.1. The fourth-order valence-electron chi connectivity index (χ4n) is 2.44. The van der Waals surface area contributed by atoms with Crippen molar-refractivity contribution in [2.24, 2.45) is 5.92 Å². The maximum absolute atomic E-state index is 12.6. The maximum atomic E-state index is 12.6. The highest BCUT2D eigenvalue weighted by Crippen LogP contribution is 2.10. The summed E-state index contributed by atoms with van der Waals surface area (Å²) in [5, 5.41) is 0. The van der Waals surface area contributed by atoms with Gasteiger partial charge >= 0.3 is 12.1 Å². The summed E-state index contributed by atoms with van der Waals surface area (Å²) in [5.41, 5.74) is 0.812. The zero-order valence-corrected chi connectivity index (χ0v) is 15.4. The highest BCUT2D eigenvalue weighted by Gasteiger charge is 2.26. The first-order valence-corrected chi connectivity index (χ1v) is 8.67.